The minimum Gasteiger partial charge on any atom is -0.368 e. The van der Waals surface area contributed by atoms with E-state index in [1.54, 1.807) is 0 Å². The van der Waals surface area contributed by atoms with Gasteiger partial charge < -0.3 is 16.0 Å². The highest BCUT2D eigenvalue weighted by atomic mass is 16.1. The van der Waals surface area contributed by atoms with Crippen LogP contribution in [0.3, 0.4) is 0 Å². The number of nitrogens with one attached hydrogen (secondary N) is 1. The van der Waals surface area contributed by atoms with E-state index >= 15 is 0 Å². The monoisotopic (exact) mass is 291 g/mol. The fourth-order valence-corrected chi connectivity index (χ4v) is 2.74. The van der Waals surface area contributed by atoms with Gasteiger partial charge in [0.2, 0.25) is 11.9 Å². The van der Waals surface area contributed by atoms with Gasteiger partial charge in [0.15, 0.2) is 0 Å². The van der Waals surface area contributed by atoms with Gasteiger partial charge in [-0.15, -0.1) is 0 Å². The third kappa shape index (κ3) is 4.67. The van der Waals surface area contributed by atoms with Gasteiger partial charge in [-0.2, -0.15) is 0 Å². The number of rotatable bonds is 8. The first-order chi connectivity index (χ1) is 10.2. The first-order valence-electron chi connectivity index (χ1n) is 7.77. The SMILES string of the molecule is CCCNCc1cnc(N(CC(N)=O)C2CCCC2)nc1. The Kier molecular flexibility index (Phi) is 5.92. The second-order valence-electron chi connectivity index (χ2n) is 5.60. The molecule has 6 nitrogen and oxygen atoms in total. The van der Waals surface area contributed by atoms with E-state index in [9.17, 15) is 4.79 Å². The summed E-state index contributed by atoms with van der Waals surface area (Å²) in [6.45, 7) is 4.08. The maximum absolute atomic E-state index is 11.3. The Morgan fingerprint density at radius 2 is 2.05 bits per heavy atom. The third-order valence-corrected chi connectivity index (χ3v) is 3.80. The van der Waals surface area contributed by atoms with Crippen molar-refractivity contribution in [2.75, 3.05) is 18.0 Å². The van der Waals surface area contributed by atoms with Gasteiger partial charge in [-0.25, -0.2) is 9.97 Å². The van der Waals surface area contributed by atoms with Crippen LogP contribution >= 0.6 is 0 Å². The molecular weight excluding hydrogens is 266 g/mol. The molecule has 0 spiro atoms. The standard InChI is InChI=1S/C15H25N5O/c1-2-7-17-8-12-9-18-15(19-10-12)20(11-14(16)21)13-5-3-4-6-13/h9-10,13,17H,2-8,11H2,1H3,(H2,16,21). The average Bonchev–Trinajstić information content (AvgIpc) is 3.00. The minimum atomic E-state index is -0.334. The fourth-order valence-electron chi connectivity index (χ4n) is 2.74. The number of primary amides is 1. The number of nitrogens with two attached hydrogens (primary N) is 1. The predicted octanol–water partition coefficient (Wildman–Crippen LogP) is 1.21. The number of carbonyl (C=O) groups is 1. The number of amides is 1. The summed E-state index contributed by atoms with van der Waals surface area (Å²) in [7, 11) is 0. The zero-order valence-corrected chi connectivity index (χ0v) is 12.7. The van der Waals surface area contributed by atoms with Gasteiger partial charge in [0.05, 0.1) is 6.54 Å². The lowest BCUT2D eigenvalue weighted by molar-refractivity contribution is -0.116. The van der Waals surface area contributed by atoms with Gasteiger partial charge in [0.1, 0.15) is 0 Å². The molecular formula is C15H25N5O. The van der Waals surface area contributed by atoms with Crippen LogP contribution in [0.4, 0.5) is 5.95 Å². The van der Waals surface area contributed by atoms with Crippen LogP contribution in [0.2, 0.25) is 0 Å². The lowest BCUT2D eigenvalue weighted by Crippen LogP contribution is -2.41. The molecule has 1 aliphatic rings. The summed E-state index contributed by atoms with van der Waals surface area (Å²) in [5, 5.41) is 3.32. The summed E-state index contributed by atoms with van der Waals surface area (Å²) < 4.78 is 0. The Morgan fingerprint density at radius 1 is 1.38 bits per heavy atom. The van der Waals surface area contributed by atoms with Crippen LogP contribution in [-0.2, 0) is 11.3 Å². The minimum absolute atomic E-state index is 0.193. The zero-order valence-electron chi connectivity index (χ0n) is 12.7. The summed E-state index contributed by atoms with van der Waals surface area (Å²) >= 11 is 0. The van der Waals surface area contributed by atoms with Crippen molar-refractivity contribution >= 4 is 11.9 Å². The van der Waals surface area contributed by atoms with E-state index in [1.165, 1.54) is 12.8 Å². The molecule has 1 heterocycles. The smallest absolute Gasteiger partial charge is 0.237 e. The molecule has 116 valence electrons. The van der Waals surface area contributed by atoms with E-state index in [0.29, 0.717) is 12.0 Å². The van der Waals surface area contributed by atoms with Crippen molar-refractivity contribution in [2.45, 2.75) is 51.6 Å². The Labute approximate surface area is 126 Å². The second kappa shape index (κ2) is 7.93. The van der Waals surface area contributed by atoms with Gasteiger partial charge in [0.25, 0.3) is 0 Å². The average molecular weight is 291 g/mol. The Bertz CT molecular complexity index is 442. The molecule has 0 radical (unpaired) electrons. The highest BCUT2D eigenvalue weighted by Gasteiger charge is 2.25. The molecule has 1 fully saturated rings. The molecule has 21 heavy (non-hydrogen) atoms. The highest BCUT2D eigenvalue weighted by Crippen LogP contribution is 2.25. The van der Waals surface area contributed by atoms with Crippen LogP contribution < -0.4 is 16.0 Å². The molecule has 6 heteroatoms. The van der Waals surface area contributed by atoms with Crippen LogP contribution in [0.1, 0.15) is 44.6 Å². The van der Waals surface area contributed by atoms with Crippen LogP contribution in [0, 0.1) is 0 Å². The molecule has 1 aromatic rings. The van der Waals surface area contributed by atoms with E-state index < -0.39 is 0 Å². The largest absolute Gasteiger partial charge is 0.368 e. The lowest BCUT2D eigenvalue weighted by atomic mass is 10.2. The Morgan fingerprint density at radius 3 is 2.62 bits per heavy atom. The quantitative estimate of drug-likeness (QED) is 0.703. The van der Waals surface area contributed by atoms with E-state index in [1.807, 2.05) is 17.3 Å². The number of hydrogen-bond donors (Lipinski definition) is 2. The maximum atomic E-state index is 11.3. The number of anilines is 1. The fraction of sp³-hybridized carbons (Fsp3) is 0.667. The van der Waals surface area contributed by atoms with Crippen molar-refractivity contribution in [1.29, 1.82) is 0 Å². The number of hydrogen-bond acceptors (Lipinski definition) is 5. The summed E-state index contributed by atoms with van der Waals surface area (Å²) in [4.78, 5) is 22.1. The van der Waals surface area contributed by atoms with E-state index in [4.69, 9.17) is 5.73 Å². The third-order valence-electron chi connectivity index (χ3n) is 3.80. The molecule has 0 aromatic carbocycles. The van der Waals surface area contributed by atoms with Gasteiger partial charge in [-0.1, -0.05) is 19.8 Å². The molecule has 1 aromatic heterocycles. The molecule has 0 unspecified atom stereocenters. The zero-order chi connectivity index (χ0) is 15.1. The normalized spacial score (nSPS) is 15.3. The summed E-state index contributed by atoms with van der Waals surface area (Å²) in [5.74, 6) is 0.277. The molecule has 0 saturated heterocycles. The number of nitrogens with zero attached hydrogens (tertiary/aromatic N) is 3. The van der Waals surface area contributed by atoms with Crippen LogP contribution in [-0.4, -0.2) is 35.0 Å². The van der Waals surface area contributed by atoms with Crippen molar-refractivity contribution in [3.63, 3.8) is 0 Å². The van der Waals surface area contributed by atoms with Crippen molar-refractivity contribution in [2.24, 2.45) is 5.73 Å². The lowest BCUT2D eigenvalue weighted by Gasteiger charge is -2.27. The Balaban J connectivity index is 2.03. The van der Waals surface area contributed by atoms with E-state index in [0.717, 1.165) is 37.9 Å². The molecule has 2 rings (SSSR count). The van der Waals surface area contributed by atoms with Crippen LogP contribution in [0.15, 0.2) is 12.4 Å². The Hall–Kier alpha value is -1.69. The topological polar surface area (TPSA) is 84.1 Å². The molecule has 0 atom stereocenters. The van der Waals surface area contributed by atoms with Crippen molar-refractivity contribution in [3.05, 3.63) is 18.0 Å². The predicted molar refractivity (Wildman–Crippen MR) is 82.8 cm³/mol. The van der Waals surface area contributed by atoms with Crippen molar-refractivity contribution < 1.29 is 4.79 Å². The van der Waals surface area contributed by atoms with Crippen LogP contribution in [0.5, 0.6) is 0 Å². The van der Waals surface area contributed by atoms with Crippen molar-refractivity contribution in [3.8, 4) is 0 Å². The number of aromatic nitrogens is 2. The maximum Gasteiger partial charge on any atom is 0.237 e. The van der Waals surface area contributed by atoms with Crippen molar-refractivity contribution in [1.82, 2.24) is 15.3 Å². The van der Waals surface area contributed by atoms with E-state index in [-0.39, 0.29) is 12.5 Å². The highest BCUT2D eigenvalue weighted by molar-refractivity contribution is 5.79. The summed E-state index contributed by atoms with van der Waals surface area (Å²) in [6, 6.07) is 0.335. The van der Waals surface area contributed by atoms with Crippen LogP contribution in [0.25, 0.3) is 0 Å². The second-order valence-corrected chi connectivity index (χ2v) is 5.60. The number of carbonyl (C=O) groups excluding carboxylic acids is 1. The summed E-state index contributed by atoms with van der Waals surface area (Å²) in [5.41, 5.74) is 6.42. The van der Waals surface area contributed by atoms with Gasteiger partial charge in [-0.05, 0) is 25.8 Å². The van der Waals surface area contributed by atoms with Gasteiger partial charge in [0, 0.05) is 30.5 Å². The molecule has 0 bridgehead atoms. The molecule has 1 amide bonds. The first kappa shape index (κ1) is 15.7. The molecule has 3 N–H and O–H groups in total. The van der Waals surface area contributed by atoms with Gasteiger partial charge >= 0.3 is 0 Å². The first-order valence-corrected chi connectivity index (χ1v) is 7.77. The van der Waals surface area contributed by atoms with E-state index in [2.05, 4.69) is 22.2 Å². The molecule has 1 aliphatic carbocycles. The molecule has 1 saturated carbocycles. The molecule has 0 aliphatic heterocycles. The van der Waals surface area contributed by atoms with Gasteiger partial charge in [-0.3, -0.25) is 4.79 Å². The summed E-state index contributed by atoms with van der Waals surface area (Å²) in [6.07, 6.45) is 9.31.